The van der Waals surface area contributed by atoms with Gasteiger partial charge in [-0.15, -0.1) is 0 Å². The van der Waals surface area contributed by atoms with Crippen LogP contribution in [0.4, 0.5) is 5.82 Å². The van der Waals surface area contributed by atoms with E-state index in [0.29, 0.717) is 18.0 Å². The van der Waals surface area contributed by atoms with Crippen LogP contribution < -0.4 is 11.5 Å². The maximum atomic E-state index is 5.63. The van der Waals surface area contributed by atoms with Gasteiger partial charge in [-0.3, -0.25) is 4.98 Å². The predicted molar refractivity (Wildman–Crippen MR) is 69.4 cm³/mol. The van der Waals surface area contributed by atoms with Gasteiger partial charge < -0.3 is 16.5 Å². The predicted octanol–water partition coefficient (Wildman–Crippen LogP) is 1.06. The number of hydrogen-bond acceptors (Lipinski definition) is 5. The van der Waals surface area contributed by atoms with Gasteiger partial charge in [-0.1, -0.05) is 0 Å². The largest absolute Gasteiger partial charge is 0.384 e. The number of hydrogen-bond donors (Lipinski definition) is 3. The van der Waals surface area contributed by atoms with E-state index in [4.69, 9.17) is 11.5 Å². The summed E-state index contributed by atoms with van der Waals surface area (Å²) in [6, 6.07) is 7.38. The third-order valence-electron chi connectivity index (χ3n) is 2.67. The second kappa shape index (κ2) is 4.08. The molecule has 0 atom stereocenters. The summed E-state index contributed by atoms with van der Waals surface area (Å²) in [5.41, 5.74) is 14.4. The number of rotatable bonds is 2. The highest BCUT2D eigenvalue weighted by atomic mass is 15.0. The third kappa shape index (κ3) is 1.78. The van der Waals surface area contributed by atoms with E-state index in [1.807, 2.05) is 18.2 Å². The van der Waals surface area contributed by atoms with E-state index in [1.54, 1.807) is 12.3 Å². The summed E-state index contributed by atoms with van der Waals surface area (Å²) in [7, 11) is 0. The van der Waals surface area contributed by atoms with Gasteiger partial charge in [0.15, 0.2) is 5.65 Å². The van der Waals surface area contributed by atoms with Crippen LogP contribution in [0.15, 0.2) is 30.5 Å². The fraction of sp³-hybridized carbons (Fsp3) is 0.0833. The molecule has 0 spiro atoms. The van der Waals surface area contributed by atoms with Crippen LogP contribution in [0.5, 0.6) is 0 Å². The molecule has 0 saturated carbocycles. The van der Waals surface area contributed by atoms with Crippen LogP contribution in [-0.4, -0.2) is 19.9 Å². The van der Waals surface area contributed by atoms with Crippen molar-refractivity contribution in [3.8, 4) is 11.4 Å². The Bertz CT molecular complexity index is 703. The molecule has 0 aliphatic carbocycles. The van der Waals surface area contributed by atoms with Crippen LogP contribution in [0, 0.1) is 0 Å². The molecule has 3 rings (SSSR count). The number of imidazole rings is 1. The number of nitrogens with two attached hydrogens (primary N) is 2. The molecular weight excluding hydrogens is 228 g/mol. The summed E-state index contributed by atoms with van der Waals surface area (Å²) in [5, 5.41) is 0. The van der Waals surface area contributed by atoms with Crippen molar-refractivity contribution >= 4 is 17.0 Å². The van der Waals surface area contributed by atoms with Gasteiger partial charge >= 0.3 is 0 Å². The molecule has 0 aliphatic rings. The van der Waals surface area contributed by atoms with E-state index in [-0.39, 0.29) is 0 Å². The Morgan fingerprint density at radius 2 is 2.06 bits per heavy atom. The highest BCUT2D eigenvalue weighted by Gasteiger charge is 2.07. The van der Waals surface area contributed by atoms with Crippen LogP contribution in [0.1, 0.15) is 5.69 Å². The number of pyridine rings is 2. The van der Waals surface area contributed by atoms with Crippen LogP contribution >= 0.6 is 0 Å². The number of anilines is 1. The fourth-order valence-corrected chi connectivity index (χ4v) is 1.78. The first-order chi connectivity index (χ1) is 8.76. The summed E-state index contributed by atoms with van der Waals surface area (Å²) in [4.78, 5) is 15.9. The highest BCUT2D eigenvalue weighted by Crippen LogP contribution is 2.20. The molecule has 0 amide bonds. The van der Waals surface area contributed by atoms with Crippen LogP contribution in [0.25, 0.3) is 22.6 Å². The molecule has 90 valence electrons. The minimum absolute atomic E-state index is 0.402. The van der Waals surface area contributed by atoms with Crippen molar-refractivity contribution in [2.24, 2.45) is 5.73 Å². The summed E-state index contributed by atoms with van der Waals surface area (Å²) >= 11 is 0. The Labute approximate surface area is 103 Å². The molecule has 6 heteroatoms. The van der Waals surface area contributed by atoms with Gasteiger partial charge in [0.2, 0.25) is 0 Å². The van der Waals surface area contributed by atoms with Crippen molar-refractivity contribution in [2.75, 3.05) is 5.73 Å². The van der Waals surface area contributed by atoms with Gasteiger partial charge in [0.05, 0.1) is 11.2 Å². The molecule has 0 saturated heterocycles. The lowest BCUT2D eigenvalue weighted by atomic mass is 10.2. The molecule has 5 N–H and O–H groups in total. The first-order valence-corrected chi connectivity index (χ1v) is 5.54. The molecule has 0 unspecified atom stereocenters. The number of nitrogen functional groups attached to an aromatic ring is 1. The molecule has 6 nitrogen and oxygen atoms in total. The number of H-pyrrole nitrogens is 1. The van der Waals surface area contributed by atoms with Crippen LogP contribution in [-0.2, 0) is 6.54 Å². The Morgan fingerprint density at radius 1 is 1.17 bits per heavy atom. The topological polar surface area (TPSA) is 106 Å². The standard InChI is InChI=1S/C12H12N6/c13-6-8-5-7(3-4-15-8)11-16-9-1-2-10(14)17-12(9)18-11/h1-5H,6,13H2,(H3,14,16,17,18). The zero-order chi connectivity index (χ0) is 12.5. The van der Waals surface area contributed by atoms with Crippen LogP contribution in [0.2, 0.25) is 0 Å². The lowest BCUT2D eigenvalue weighted by molar-refractivity contribution is 0.990. The average molecular weight is 240 g/mol. The Hall–Kier alpha value is -2.47. The summed E-state index contributed by atoms with van der Waals surface area (Å²) in [6.07, 6.45) is 1.71. The zero-order valence-corrected chi connectivity index (χ0v) is 9.59. The molecule has 0 aromatic carbocycles. The Balaban J connectivity index is 2.13. The number of fused-ring (bicyclic) bond motifs is 1. The zero-order valence-electron chi connectivity index (χ0n) is 9.59. The third-order valence-corrected chi connectivity index (χ3v) is 2.67. The average Bonchev–Trinajstić information content (AvgIpc) is 2.81. The van der Waals surface area contributed by atoms with Crippen LogP contribution in [0.3, 0.4) is 0 Å². The second-order valence-corrected chi connectivity index (χ2v) is 3.93. The first-order valence-electron chi connectivity index (χ1n) is 5.54. The maximum absolute atomic E-state index is 5.63. The number of nitrogens with one attached hydrogen (secondary N) is 1. The van der Waals surface area contributed by atoms with Gasteiger partial charge in [-0.05, 0) is 24.3 Å². The highest BCUT2D eigenvalue weighted by molar-refractivity contribution is 5.77. The van der Waals surface area contributed by atoms with Gasteiger partial charge in [-0.25, -0.2) is 9.97 Å². The molecule has 0 bridgehead atoms. The minimum Gasteiger partial charge on any atom is -0.384 e. The van der Waals surface area contributed by atoms with Gasteiger partial charge in [-0.2, -0.15) is 0 Å². The minimum atomic E-state index is 0.402. The monoisotopic (exact) mass is 240 g/mol. The van der Waals surface area contributed by atoms with E-state index in [2.05, 4.69) is 19.9 Å². The quantitative estimate of drug-likeness (QED) is 0.621. The summed E-state index contributed by atoms with van der Waals surface area (Å²) in [5.74, 6) is 1.19. The maximum Gasteiger partial charge on any atom is 0.180 e. The lowest BCUT2D eigenvalue weighted by Crippen LogP contribution is -1.99. The van der Waals surface area contributed by atoms with Gasteiger partial charge in [0.25, 0.3) is 0 Å². The molecule has 18 heavy (non-hydrogen) atoms. The van der Waals surface area contributed by atoms with E-state index in [1.165, 1.54) is 0 Å². The van der Waals surface area contributed by atoms with Gasteiger partial charge in [0.1, 0.15) is 11.6 Å². The van der Waals surface area contributed by atoms with Crippen molar-refractivity contribution < 1.29 is 0 Å². The number of aromatic amines is 1. The lowest BCUT2D eigenvalue weighted by Gasteiger charge is -1.98. The second-order valence-electron chi connectivity index (χ2n) is 3.93. The molecule has 0 aliphatic heterocycles. The van der Waals surface area contributed by atoms with E-state index in [9.17, 15) is 0 Å². The molecular formula is C12H12N6. The summed E-state index contributed by atoms with van der Waals surface area (Å²) < 4.78 is 0. The molecule has 0 fully saturated rings. The molecule has 3 aromatic heterocycles. The molecule has 0 radical (unpaired) electrons. The van der Waals surface area contributed by atoms with E-state index >= 15 is 0 Å². The SMILES string of the molecule is NCc1cc(-c2nc3nc(N)ccc3[nH]2)ccn1. The van der Waals surface area contributed by atoms with Crippen molar-refractivity contribution in [3.05, 3.63) is 36.2 Å². The number of aromatic nitrogens is 4. The van der Waals surface area contributed by atoms with E-state index < -0.39 is 0 Å². The smallest absolute Gasteiger partial charge is 0.180 e. The van der Waals surface area contributed by atoms with Crippen molar-refractivity contribution in [2.45, 2.75) is 6.54 Å². The Morgan fingerprint density at radius 3 is 2.89 bits per heavy atom. The van der Waals surface area contributed by atoms with Crippen molar-refractivity contribution in [3.63, 3.8) is 0 Å². The number of nitrogens with zero attached hydrogens (tertiary/aromatic N) is 3. The summed E-state index contributed by atoms with van der Waals surface area (Å²) in [6.45, 7) is 0.402. The van der Waals surface area contributed by atoms with Crippen molar-refractivity contribution in [1.82, 2.24) is 19.9 Å². The fourth-order valence-electron chi connectivity index (χ4n) is 1.78. The normalized spacial score (nSPS) is 10.9. The van der Waals surface area contributed by atoms with Gasteiger partial charge in [0, 0.05) is 18.3 Å². The first kappa shape index (κ1) is 10.7. The molecule has 3 aromatic rings. The molecule has 3 heterocycles. The van der Waals surface area contributed by atoms with E-state index in [0.717, 1.165) is 22.6 Å². The van der Waals surface area contributed by atoms with Crippen molar-refractivity contribution in [1.29, 1.82) is 0 Å². The Kier molecular flexibility index (Phi) is 2.42.